The molecular formula is C26H24F2NOY-. The zero-order valence-electron chi connectivity index (χ0n) is 17.7. The summed E-state index contributed by atoms with van der Waals surface area (Å²) >= 11 is 0. The Morgan fingerprint density at radius 2 is 1.55 bits per heavy atom. The maximum Gasteiger partial charge on any atom is 0.159 e. The molecule has 0 aliphatic carbocycles. The molecule has 0 saturated carbocycles. The molecule has 3 aromatic carbocycles. The van der Waals surface area contributed by atoms with E-state index in [1.165, 1.54) is 6.07 Å². The quantitative estimate of drug-likeness (QED) is 0.219. The topological polar surface area (TPSA) is 22.0 Å². The molecule has 0 aliphatic rings. The molecule has 31 heavy (non-hydrogen) atoms. The average molecular weight is 493 g/mol. The van der Waals surface area contributed by atoms with E-state index >= 15 is 0 Å². The second-order valence-corrected chi connectivity index (χ2v) is 6.75. The summed E-state index contributed by atoms with van der Waals surface area (Å²) in [6, 6.07) is 21.5. The molecule has 0 atom stereocenters. The minimum atomic E-state index is -0.893. The van der Waals surface area contributed by atoms with E-state index in [1.807, 2.05) is 73.0 Å². The van der Waals surface area contributed by atoms with Gasteiger partial charge in [-0.2, -0.15) is 0 Å². The molecule has 0 fully saturated rings. The fourth-order valence-electron chi connectivity index (χ4n) is 3.36. The third-order valence-corrected chi connectivity index (χ3v) is 4.80. The number of para-hydroxylation sites is 1. The smallest absolute Gasteiger partial charge is 0.159 e. The minimum Gasteiger partial charge on any atom is -0.429 e. The van der Waals surface area contributed by atoms with Gasteiger partial charge in [0.05, 0.1) is 5.78 Å². The molecule has 157 valence electrons. The first kappa shape index (κ1) is 25.1. The molecule has 0 amide bonds. The molecular weight excluding hydrogens is 469 g/mol. The van der Waals surface area contributed by atoms with Crippen molar-refractivity contribution in [2.45, 2.75) is 33.2 Å². The number of hydrogen-bond acceptors (Lipinski definition) is 1. The number of Topliss-reactive ketones (excluding diaryl/α,β-unsaturated/α-hetero) is 1. The Bertz CT molecular complexity index is 1140. The molecule has 1 radical (unpaired) electrons. The summed E-state index contributed by atoms with van der Waals surface area (Å²) in [4.78, 5) is 12.8. The molecule has 1 heterocycles. The number of aryl methyl sites for hydroxylation is 1. The molecule has 4 rings (SSSR count). The summed E-state index contributed by atoms with van der Waals surface area (Å²) < 4.78 is 28.4. The molecule has 0 N–H and O–H groups in total. The predicted octanol–water partition coefficient (Wildman–Crippen LogP) is 6.61. The summed E-state index contributed by atoms with van der Waals surface area (Å²) in [6.45, 7) is 4.62. The zero-order chi connectivity index (χ0) is 21.5. The molecule has 4 aromatic rings. The first-order chi connectivity index (χ1) is 14.6. The fourth-order valence-corrected chi connectivity index (χ4v) is 3.36. The summed E-state index contributed by atoms with van der Waals surface area (Å²) in [6.07, 6.45) is 3.79. The van der Waals surface area contributed by atoms with E-state index < -0.39 is 11.6 Å². The van der Waals surface area contributed by atoms with Crippen molar-refractivity contribution in [1.82, 2.24) is 4.57 Å². The Morgan fingerprint density at radius 3 is 2.26 bits per heavy atom. The monoisotopic (exact) mass is 493 g/mol. The predicted molar refractivity (Wildman–Crippen MR) is 117 cm³/mol. The Balaban J connectivity index is 0.00000111. The van der Waals surface area contributed by atoms with Gasteiger partial charge in [0.1, 0.15) is 0 Å². The van der Waals surface area contributed by atoms with Gasteiger partial charge in [0, 0.05) is 39.3 Å². The SMILES string of the molecule is CC.O=C(CCc1ccc(F)c(F)c1)c1[c-]n(Cc2ccccc2)c2ccccc12.[Y]. The summed E-state index contributed by atoms with van der Waals surface area (Å²) in [5.74, 6) is -1.84. The molecule has 0 spiro atoms. The number of halogens is 2. The second kappa shape index (κ2) is 12.0. The fraction of sp³-hybridized carbons (Fsp3) is 0.192. The summed E-state index contributed by atoms with van der Waals surface area (Å²) in [5.41, 5.74) is 3.21. The van der Waals surface area contributed by atoms with Crippen LogP contribution in [0.2, 0.25) is 0 Å². The van der Waals surface area contributed by atoms with Gasteiger partial charge in [-0.1, -0.05) is 85.7 Å². The minimum absolute atomic E-state index is 0. The number of carbonyl (C=O) groups excluding carboxylic acids is 1. The van der Waals surface area contributed by atoms with Gasteiger partial charge >= 0.3 is 0 Å². The Labute approximate surface area is 207 Å². The van der Waals surface area contributed by atoms with Crippen LogP contribution in [0, 0.1) is 17.8 Å². The van der Waals surface area contributed by atoms with Crippen LogP contribution in [-0.2, 0) is 45.7 Å². The van der Waals surface area contributed by atoms with Crippen LogP contribution in [0.4, 0.5) is 8.78 Å². The number of fused-ring (bicyclic) bond motifs is 1. The van der Waals surface area contributed by atoms with E-state index in [1.54, 1.807) is 0 Å². The second-order valence-electron chi connectivity index (χ2n) is 6.75. The number of nitrogens with zero attached hydrogens (tertiary/aromatic N) is 1. The van der Waals surface area contributed by atoms with Gasteiger partial charge in [0.2, 0.25) is 0 Å². The van der Waals surface area contributed by atoms with Gasteiger partial charge < -0.3 is 9.36 Å². The van der Waals surface area contributed by atoms with Crippen molar-refractivity contribution < 1.29 is 46.3 Å². The zero-order valence-corrected chi connectivity index (χ0v) is 20.6. The normalized spacial score (nSPS) is 10.2. The van der Waals surface area contributed by atoms with Gasteiger partial charge in [0.15, 0.2) is 11.6 Å². The third kappa shape index (κ3) is 6.18. The van der Waals surface area contributed by atoms with Crippen molar-refractivity contribution in [3.8, 4) is 0 Å². The van der Waals surface area contributed by atoms with Crippen LogP contribution in [-0.4, -0.2) is 10.4 Å². The standard InChI is InChI=1S/C24H18F2NO.C2H6.Y/c25-21-12-10-17(14-22(21)26)11-13-24(28)20-16-27(15-18-6-2-1-3-7-18)23-9-5-4-8-19(20)23;1-2;/h1-10,12,14H,11,13,15H2;1-2H3;/q-1;;. The molecule has 1 aromatic heterocycles. The molecule has 0 aliphatic heterocycles. The first-order valence-corrected chi connectivity index (χ1v) is 10.1. The van der Waals surface area contributed by atoms with E-state index in [0.29, 0.717) is 24.1 Å². The number of aromatic nitrogens is 1. The van der Waals surface area contributed by atoms with Crippen LogP contribution in [0.15, 0.2) is 72.8 Å². The molecule has 0 saturated heterocycles. The van der Waals surface area contributed by atoms with Crippen LogP contribution in [0.1, 0.15) is 41.8 Å². The van der Waals surface area contributed by atoms with Crippen LogP contribution >= 0.6 is 0 Å². The van der Waals surface area contributed by atoms with Crippen LogP contribution in [0.3, 0.4) is 0 Å². The Morgan fingerprint density at radius 1 is 0.871 bits per heavy atom. The number of benzene rings is 3. The largest absolute Gasteiger partial charge is 0.429 e. The van der Waals surface area contributed by atoms with Crippen molar-refractivity contribution in [3.05, 3.63) is 107 Å². The van der Waals surface area contributed by atoms with Crippen LogP contribution < -0.4 is 0 Å². The van der Waals surface area contributed by atoms with Crippen LogP contribution in [0.25, 0.3) is 10.9 Å². The van der Waals surface area contributed by atoms with E-state index in [0.717, 1.165) is 28.6 Å². The van der Waals surface area contributed by atoms with Crippen molar-refractivity contribution in [3.63, 3.8) is 0 Å². The number of hydrogen-bond donors (Lipinski definition) is 0. The van der Waals surface area contributed by atoms with Gasteiger partial charge in [-0.3, -0.25) is 0 Å². The summed E-state index contributed by atoms with van der Waals surface area (Å²) in [5, 5.41) is 0.855. The summed E-state index contributed by atoms with van der Waals surface area (Å²) in [7, 11) is 0. The van der Waals surface area contributed by atoms with Gasteiger partial charge in [-0.05, 0) is 36.1 Å². The first-order valence-electron chi connectivity index (χ1n) is 10.1. The average Bonchev–Trinajstić information content (AvgIpc) is 3.15. The van der Waals surface area contributed by atoms with E-state index in [-0.39, 0.29) is 44.9 Å². The maximum absolute atomic E-state index is 13.4. The number of carbonyl (C=O) groups is 1. The van der Waals surface area contributed by atoms with E-state index in [4.69, 9.17) is 0 Å². The Hall–Kier alpha value is -2.17. The van der Waals surface area contributed by atoms with Crippen LogP contribution in [0.5, 0.6) is 0 Å². The van der Waals surface area contributed by atoms with Gasteiger partial charge in [0.25, 0.3) is 0 Å². The Kier molecular flexibility index (Phi) is 9.73. The van der Waals surface area contributed by atoms with Crippen molar-refractivity contribution in [1.29, 1.82) is 0 Å². The maximum atomic E-state index is 13.4. The molecule has 0 bridgehead atoms. The van der Waals surface area contributed by atoms with E-state index in [2.05, 4.69) is 6.20 Å². The van der Waals surface area contributed by atoms with Crippen molar-refractivity contribution >= 4 is 16.7 Å². The third-order valence-electron chi connectivity index (χ3n) is 4.80. The molecule has 2 nitrogen and oxygen atoms in total. The van der Waals surface area contributed by atoms with Crippen molar-refractivity contribution in [2.24, 2.45) is 0 Å². The molecule has 0 unspecified atom stereocenters. The van der Waals surface area contributed by atoms with E-state index in [9.17, 15) is 13.6 Å². The molecule has 5 heteroatoms. The number of ketones is 1. The number of rotatable bonds is 6. The van der Waals surface area contributed by atoms with Gasteiger partial charge in [-0.25, -0.2) is 8.78 Å². The van der Waals surface area contributed by atoms with Crippen molar-refractivity contribution in [2.75, 3.05) is 0 Å². The van der Waals surface area contributed by atoms with Gasteiger partial charge in [-0.15, -0.1) is 11.5 Å².